The second-order valence-electron chi connectivity index (χ2n) is 6.46. The van der Waals surface area contributed by atoms with Gasteiger partial charge < -0.3 is 5.32 Å². The van der Waals surface area contributed by atoms with Crippen molar-refractivity contribution in [3.63, 3.8) is 0 Å². The molecule has 3 nitrogen and oxygen atoms in total. The Morgan fingerprint density at radius 2 is 1.80 bits per heavy atom. The van der Waals surface area contributed by atoms with E-state index in [9.17, 15) is 9.59 Å². The van der Waals surface area contributed by atoms with Crippen molar-refractivity contribution < 1.29 is 9.59 Å². The molecule has 0 unspecified atom stereocenters. The van der Waals surface area contributed by atoms with Gasteiger partial charge in [0.05, 0.1) is 0 Å². The van der Waals surface area contributed by atoms with Gasteiger partial charge in [-0.05, 0) is 43.0 Å². The van der Waals surface area contributed by atoms with Gasteiger partial charge in [0.2, 0.25) is 5.91 Å². The van der Waals surface area contributed by atoms with E-state index in [1.807, 2.05) is 49.4 Å². The van der Waals surface area contributed by atoms with Gasteiger partial charge in [-0.2, -0.15) is 0 Å². The summed E-state index contributed by atoms with van der Waals surface area (Å²) in [6.07, 6.45) is 4.48. The first-order valence-corrected chi connectivity index (χ1v) is 8.70. The average Bonchev–Trinajstić information content (AvgIpc) is 3.42. The average molecular weight is 354 g/mol. The molecular weight excluding hydrogens is 334 g/mol. The summed E-state index contributed by atoms with van der Waals surface area (Å²) in [6, 6.07) is 15.3. The zero-order valence-corrected chi connectivity index (χ0v) is 14.8. The van der Waals surface area contributed by atoms with E-state index in [0.717, 1.165) is 11.1 Å². The number of aryl methyl sites for hydroxylation is 1. The van der Waals surface area contributed by atoms with Crippen LogP contribution in [0.2, 0.25) is 5.02 Å². The maximum absolute atomic E-state index is 12.5. The molecule has 1 saturated carbocycles. The lowest BCUT2D eigenvalue weighted by Gasteiger charge is -2.13. The Labute approximate surface area is 152 Å². The number of halogens is 1. The Bertz CT molecular complexity index is 820. The molecule has 128 valence electrons. The van der Waals surface area contributed by atoms with E-state index in [0.29, 0.717) is 24.4 Å². The first-order valence-electron chi connectivity index (χ1n) is 8.32. The number of benzene rings is 2. The van der Waals surface area contributed by atoms with Crippen LogP contribution in [0.25, 0.3) is 6.08 Å². The number of allylic oxidation sites excluding steroid dienone is 1. The minimum atomic E-state index is -0.900. The predicted octanol–water partition coefficient (Wildman–Crippen LogP) is 4.33. The van der Waals surface area contributed by atoms with Gasteiger partial charge in [-0.1, -0.05) is 65.7 Å². The number of rotatable bonds is 6. The van der Waals surface area contributed by atoms with Gasteiger partial charge in [0.25, 0.3) is 0 Å². The summed E-state index contributed by atoms with van der Waals surface area (Å²) in [5.41, 5.74) is 2.06. The lowest BCUT2D eigenvalue weighted by atomic mass is 9.98. The van der Waals surface area contributed by atoms with Crippen molar-refractivity contribution >= 4 is 29.4 Å². The van der Waals surface area contributed by atoms with E-state index < -0.39 is 5.41 Å². The highest BCUT2D eigenvalue weighted by molar-refractivity contribution is 6.31. The van der Waals surface area contributed by atoms with E-state index in [4.69, 9.17) is 11.6 Å². The molecule has 4 heteroatoms. The number of hydrogen-bond acceptors (Lipinski definition) is 2. The third kappa shape index (κ3) is 3.99. The molecule has 0 bridgehead atoms. The molecule has 0 spiro atoms. The van der Waals surface area contributed by atoms with Gasteiger partial charge in [-0.3, -0.25) is 9.59 Å². The summed E-state index contributed by atoms with van der Waals surface area (Å²) in [7, 11) is 0. The SMILES string of the molecule is Cc1ccc(/C=C\C(=O)C2(C(=O)NCc3ccccc3Cl)CC2)cc1. The summed E-state index contributed by atoms with van der Waals surface area (Å²) in [5.74, 6) is -0.351. The van der Waals surface area contributed by atoms with Gasteiger partial charge in [-0.25, -0.2) is 0 Å². The summed E-state index contributed by atoms with van der Waals surface area (Å²) >= 11 is 6.10. The van der Waals surface area contributed by atoms with E-state index in [1.165, 1.54) is 11.6 Å². The van der Waals surface area contributed by atoms with Gasteiger partial charge in [0.15, 0.2) is 5.78 Å². The van der Waals surface area contributed by atoms with Crippen molar-refractivity contribution in [2.45, 2.75) is 26.3 Å². The van der Waals surface area contributed by atoms with E-state index in [1.54, 1.807) is 12.1 Å². The van der Waals surface area contributed by atoms with Crippen molar-refractivity contribution in [1.82, 2.24) is 5.32 Å². The third-order valence-corrected chi connectivity index (χ3v) is 4.93. The van der Waals surface area contributed by atoms with Crippen LogP contribution in [-0.2, 0) is 16.1 Å². The molecule has 0 radical (unpaired) electrons. The summed E-state index contributed by atoms with van der Waals surface area (Å²) in [6.45, 7) is 2.34. The number of hydrogen-bond donors (Lipinski definition) is 1. The van der Waals surface area contributed by atoms with Crippen LogP contribution in [-0.4, -0.2) is 11.7 Å². The van der Waals surface area contributed by atoms with Crippen LogP contribution in [0.5, 0.6) is 0 Å². The van der Waals surface area contributed by atoms with Crippen LogP contribution >= 0.6 is 11.6 Å². The number of carbonyl (C=O) groups excluding carboxylic acids is 2. The maximum Gasteiger partial charge on any atom is 0.234 e. The zero-order valence-electron chi connectivity index (χ0n) is 14.1. The molecule has 1 amide bonds. The maximum atomic E-state index is 12.5. The smallest absolute Gasteiger partial charge is 0.234 e. The molecule has 1 fully saturated rings. The number of amides is 1. The van der Waals surface area contributed by atoms with Gasteiger partial charge in [0.1, 0.15) is 5.41 Å². The van der Waals surface area contributed by atoms with Gasteiger partial charge >= 0.3 is 0 Å². The Kier molecular flexibility index (Phi) is 5.05. The van der Waals surface area contributed by atoms with Crippen LogP contribution < -0.4 is 5.32 Å². The highest BCUT2D eigenvalue weighted by Crippen LogP contribution is 2.47. The van der Waals surface area contributed by atoms with Crippen LogP contribution in [0, 0.1) is 12.3 Å². The minimum Gasteiger partial charge on any atom is -0.351 e. The normalized spacial score (nSPS) is 15.1. The molecule has 1 N–H and O–H groups in total. The van der Waals surface area contributed by atoms with E-state index in [2.05, 4.69) is 5.32 Å². The summed E-state index contributed by atoms with van der Waals surface area (Å²) < 4.78 is 0. The third-order valence-electron chi connectivity index (χ3n) is 4.56. The first kappa shape index (κ1) is 17.4. The van der Waals surface area contributed by atoms with E-state index in [-0.39, 0.29) is 11.7 Å². The predicted molar refractivity (Wildman–Crippen MR) is 100 cm³/mol. The molecule has 2 aromatic carbocycles. The second kappa shape index (κ2) is 7.24. The van der Waals surface area contributed by atoms with Crippen molar-refractivity contribution in [2.24, 2.45) is 5.41 Å². The highest BCUT2D eigenvalue weighted by Gasteiger charge is 2.54. The first-order chi connectivity index (χ1) is 12.0. The lowest BCUT2D eigenvalue weighted by molar-refractivity contribution is -0.133. The van der Waals surface area contributed by atoms with Crippen LogP contribution in [0.3, 0.4) is 0 Å². The van der Waals surface area contributed by atoms with Gasteiger partial charge in [0, 0.05) is 11.6 Å². The molecular formula is C21H20ClNO2. The molecule has 0 aliphatic heterocycles. The minimum absolute atomic E-state index is 0.135. The fourth-order valence-corrected chi connectivity index (χ4v) is 2.91. The fraction of sp³-hybridized carbons (Fsp3) is 0.238. The Hall–Kier alpha value is -2.39. The number of carbonyl (C=O) groups is 2. The lowest BCUT2D eigenvalue weighted by Crippen LogP contribution is -2.36. The summed E-state index contributed by atoms with van der Waals surface area (Å²) in [5, 5.41) is 3.46. The largest absolute Gasteiger partial charge is 0.351 e. The highest BCUT2D eigenvalue weighted by atomic mass is 35.5. The van der Waals surface area contributed by atoms with Crippen molar-refractivity contribution in [2.75, 3.05) is 0 Å². The van der Waals surface area contributed by atoms with Crippen LogP contribution in [0.1, 0.15) is 29.5 Å². The van der Waals surface area contributed by atoms with Crippen molar-refractivity contribution in [3.05, 3.63) is 76.3 Å². The molecule has 0 aromatic heterocycles. The molecule has 0 heterocycles. The number of nitrogens with one attached hydrogen (secondary N) is 1. The molecule has 2 aromatic rings. The van der Waals surface area contributed by atoms with Crippen LogP contribution in [0.4, 0.5) is 0 Å². The Balaban J connectivity index is 1.62. The second-order valence-corrected chi connectivity index (χ2v) is 6.87. The van der Waals surface area contributed by atoms with Crippen molar-refractivity contribution in [3.8, 4) is 0 Å². The Morgan fingerprint density at radius 3 is 2.44 bits per heavy atom. The molecule has 0 saturated heterocycles. The van der Waals surface area contributed by atoms with E-state index >= 15 is 0 Å². The standard InChI is InChI=1S/C21H20ClNO2/c1-15-6-8-16(9-7-15)10-11-19(24)21(12-13-21)20(25)23-14-17-4-2-3-5-18(17)22/h2-11H,12-14H2,1H3,(H,23,25)/b11-10-. The number of ketones is 1. The molecule has 0 atom stereocenters. The van der Waals surface area contributed by atoms with Crippen molar-refractivity contribution in [1.29, 1.82) is 0 Å². The molecule has 3 rings (SSSR count). The zero-order chi connectivity index (χ0) is 17.9. The summed E-state index contributed by atoms with van der Waals surface area (Å²) in [4.78, 5) is 25.0. The monoisotopic (exact) mass is 353 g/mol. The Morgan fingerprint density at radius 1 is 1.12 bits per heavy atom. The molecule has 25 heavy (non-hydrogen) atoms. The topological polar surface area (TPSA) is 46.2 Å². The quantitative estimate of drug-likeness (QED) is 0.620. The molecule has 1 aliphatic rings. The van der Waals surface area contributed by atoms with Crippen LogP contribution in [0.15, 0.2) is 54.6 Å². The van der Waals surface area contributed by atoms with Gasteiger partial charge in [-0.15, -0.1) is 0 Å². The molecule has 1 aliphatic carbocycles. The fourth-order valence-electron chi connectivity index (χ4n) is 2.71.